The Morgan fingerprint density at radius 3 is 2.22 bits per heavy atom. The Balaban J connectivity index is 2.40. The standard InChI is InChI=1S/C19H24INO5S/c1-14-5-8-16(9-6-14)27(22,23)21(13-19(25-3)26-4)12-15-7-10-17(20)18(11-15)24-2/h5-11,19H,12-13H2,1-4H3. The molecule has 0 amide bonds. The van der Waals surface area contributed by atoms with Gasteiger partial charge < -0.3 is 14.2 Å². The molecule has 2 aromatic rings. The smallest absolute Gasteiger partial charge is 0.243 e. The van der Waals surface area contributed by atoms with E-state index in [0.717, 1.165) is 14.7 Å². The van der Waals surface area contributed by atoms with E-state index in [-0.39, 0.29) is 18.0 Å². The van der Waals surface area contributed by atoms with Crippen molar-refractivity contribution in [2.45, 2.75) is 24.7 Å². The van der Waals surface area contributed by atoms with Crippen LogP contribution in [0, 0.1) is 10.5 Å². The maximum atomic E-state index is 13.2. The predicted molar refractivity (Wildman–Crippen MR) is 112 cm³/mol. The Morgan fingerprint density at radius 1 is 1.04 bits per heavy atom. The molecule has 0 fully saturated rings. The Bertz CT molecular complexity index is 851. The van der Waals surface area contributed by atoms with Gasteiger partial charge in [0.2, 0.25) is 10.0 Å². The molecule has 8 heteroatoms. The molecule has 2 rings (SSSR count). The Kier molecular flexibility index (Phi) is 8.04. The monoisotopic (exact) mass is 505 g/mol. The number of hydrogen-bond acceptors (Lipinski definition) is 5. The van der Waals surface area contributed by atoms with E-state index in [1.807, 2.05) is 25.1 Å². The molecule has 0 saturated carbocycles. The van der Waals surface area contributed by atoms with E-state index in [4.69, 9.17) is 14.2 Å². The lowest BCUT2D eigenvalue weighted by atomic mass is 10.2. The summed E-state index contributed by atoms with van der Waals surface area (Å²) in [4.78, 5) is 0.233. The second-order valence-electron chi connectivity index (χ2n) is 5.98. The molecule has 0 bridgehead atoms. The Hall–Kier alpha value is -1.20. The summed E-state index contributed by atoms with van der Waals surface area (Å²) in [7, 11) is 0.831. The minimum atomic E-state index is -3.73. The molecule has 2 aromatic carbocycles. The SMILES string of the molecule is COc1cc(CN(CC(OC)OC)S(=O)(=O)c2ccc(C)cc2)ccc1I. The molecule has 148 valence electrons. The van der Waals surface area contributed by atoms with Gasteiger partial charge in [0, 0.05) is 20.8 Å². The molecular weight excluding hydrogens is 481 g/mol. The van der Waals surface area contributed by atoms with Crippen molar-refractivity contribution >= 4 is 32.6 Å². The molecule has 6 nitrogen and oxygen atoms in total. The highest BCUT2D eigenvalue weighted by Crippen LogP contribution is 2.25. The van der Waals surface area contributed by atoms with Crippen LogP contribution >= 0.6 is 22.6 Å². The average Bonchev–Trinajstić information content (AvgIpc) is 2.66. The van der Waals surface area contributed by atoms with Gasteiger partial charge in [-0.25, -0.2) is 8.42 Å². The van der Waals surface area contributed by atoms with Crippen LogP contribution in [0.2, 0.25) is 0 Å². The van der Waals surface area contributed by atoms with Crippen LogP contribution in [-0.2, 0) is 26.0 Å². The van der Waals surface area contributed by atoms with Crippen LogP contribution < -0.4 is 4.74 Å². The summed E-state index contributed by atoms with van der Waals surface area (Å²) < 4.78 is 44.6. The van der Waals surface area contributed by atoms with E-state index in [1.54, 1.807) is 31.4 Å². The molecule has 0 aliphatic carbocycles. The van der Waals surface area contributed by atoms with Gasteiger partial charge in [0.25, 0.3) is 0 Å². The van der Waals surface area contributed by atoms with Gasteiger partial charge in [-0.2, -0.15) is 4.31 Å². The zero-order valence-corrected chi connectivity index (χ0v) is 18.8. The van der Waals surface area contributed by atoms with Crippen molar-refractivity contribution in [2.24, 2.45) is 0 Å². The van der Waals surface area contributed by atoms with Gasteiger partial charge in [-0.15, -0.1) is 0 Å². The van der Waals surface area contributed by atoms with Gasteiger partial charge in [-0.05, 0) is 59.3 Å². The number of hydrogen-bond donors (Lipinski definition) is 0. The lowest BCUT2D eigenvalue weighted by Gasteiger charge is -2.26. The molecule has 0 aromatic heterocycles. The molecule has 0 aliphatic heterocycles. The molecule has 0 aliphatic rings. The van der Waals surface area contributed by atoms with Gasteiger partial charge in [0.1, 0.15) is 5.75 Å². The number of ether oxygens (including phenoxy) is 3. The van der Waals surface area contributed by atoms with Gasteiger partial charge in [-0.3, -0.25) is 0 Å². The second-order valence-corrected chi connectivity index (χ2v) is 9.08. The minimum absolute atomic E-state index is 0.0670. The lowest BCUT2D eigenvalue weighted by Crippen LogP contribution is -2.38. The van der Waals surface area contributed by atoms with Crippen LogP contribution in [0.1, 0.15) is 11.1 Å². The largest absolute Gasteiger partial charge is 0.496 e. The fourth-order valence-electron chi connectivity index (χ4n) is 2.52. The van der Waals surface area contributed by atoms with Gasteiger partial charge in [0.15, 0.2) is 6.29 Å². The van der Waals surface area contributed by atoms with Crippen molar-refractivity contribution in [3.8, 4) is 5.75 Å². The molecule has 0 radical (unpaired) electrons. The molecule has 0 spiro atoms. The molecule has 0 unspecified atom stereocenters. The topological polar surface area (TPSA) is 65.1 Å². The van der Waals surface area contributed by atoms with Crippen LogP contribution in [0.4, 0.5) is 0 Å². The van der Waals surface area contributed by atoms with Crippen LogP contribution in [0.25, 0.3) is 0 Å². The van der Waals surface area contributed by atoms with E-state index in [0.29, 0.717) is 5.75 Å². The lowest BCUT2D eigenvalue weighted by molar-refractivity contribution is -0.108. The van der Waals surface area contributed by atoms with E-state index in [1.165, 1.54) is 18.5 Å². The summed E-state index contributed by atoms with van der Waals surface area (Å²) >= 11 is 2.17. The van der Waals surface area contributed by atoms with Crippen molar-refractivity contribution in [3.05, 3.63) is 57.2 Å². The molecule has 0 N–H and O–H groups in total. The summed E-state index contributed by atoms with van der Waals surface area (Å²) in [6.45, 7) is 2.15. The maximum Gasteiger partial charge on any atom is 0.243 e. The minimum Gasteiger partial charge on any atom is -0.496 e. The van der Waals surface area contributed by atoms with Gasteiger partial charge in [-0.1, -0.05) is 23.8 Å². The van der Waals surface area contributed by atoms with E-state index < -0.39 is 16.3 Å². The van der Waals surface area contributed by atoms with Crippen molar-refractivity contribution in [2.75, 3.05) is 27.9 Å². The number of aryl methyl sites for hydroxylation is 1. The number of sulfonamides is 1. The number of rotatable bonds is 9. The molecule has 0 atom stereocenters. The summed E-state index contributed by atoms with van der Waals surface area (Å²) in [5, 5.41) is 0. The molecular formula is C19H24INO5S. The summed E-state index contributed by atoms with van der Waals surface area (Å²) in [6.07, 6.45) is -0.670. The fraction of sp³-hybridized carbons (Fsp3) is 0.368. The van der Waals surface area contributed by atoms with Crippen LogP contribution in [-0.4, -0.2) is 46.9 Å². The fourth-order valence-corrected chi connectivity index (χ4v) is 4.50. The highest BCUT2D eigenvalue weighted by molar-refractivity contribution is 14.1. The van der Waals surface area contributed by atoms with Crippen molar-refractivity contribution in [3.63, 3.8) is 0 Å². The molecule has 0 saturated heterocycles. The van der Waals surface area contributed by atoms with Crippen molar-refractivity contribution in [1.29, 1.82) is 0 Å². The molecule has 27 heavy (non-hydrogen) atoms. The van der Waals surface area contributed by atoms with Gasteiger partial charge >= 0.3 is 0 Å². The second kappa shape index (κ2) is 9.83. The zero-order chi connectivity index (χ0) is 20.0. The average molecular weight is 505 g/mol. The van der Waals surface area contributed by atoms with Crippen molar-refractivity contribution in [1.82, 2.24) is 4.31 Å². The summed E-state index contributed by atoms with van der Waals surface area (Å²) in [5.74, 6) is 0.704. The molecule has 0 heterocycles. The third-order valence-electron chi connectivity index (χ3n) is 4.11. The number of halogens is 1. The summed E-state index contributed by atoms with van der Waals surface area (Å²) in [6, 6.07) is 12.4. The summed E-state index contributed by atoms with van der Waals surface area (Å²) in [5.41, 5.74) is 1.81. The first-order valence-electron chi connectivity index (χ1n) is 8.26. The highest BCUT2D eigenvalue weighted by atomic mass is 127. The third-order valence-corrected chi connectivity index (χ3v) is 6.83. The number of benzene rings is 2. The van der Waals surface area contributed by atoms with Crippen LogP contribution in [0.3, 0.4) is 0 Å². The van der Waals surface area contributed by atoms with E-state index in [9.17, 15) is 8.42 Å². The Labute approximate surface area is 174 Å². The first-order valence-corrected chi connectivity index (χ1v) is 10.8. The van der Waals surface area contributed by atoms with Crippen LogP contribution in [0.5, 0.6) is 5.75 Å². The van der Waals surface area contributed by atoms with E-state index >= 15 is 0 Å². The Morgan fingerprint density at radius 2 is 1.67 bits per heavy atom. The number of nitrogens with zero attached hydrogens (tertiary/aromatic N) is 1. The van der Waals surface area contributed by atoms with Crippen LogP contribution in [0.15, 0.2) is 47.4 Å². The normalized spacial score (nSPS) is 12.0. The van der Waals surface area contributed by atoms with Gasteiger partial charge in [0.05, 0.1) is 22.1 Å². The predicted octanol–water partition coefficient (Wildman–Crippen LogP) is 3.42. The maximum absolute atomic E-state index is 13.2. The first kappa shape index (κ1) is 22.1. The zero-order valence-electron chi connectivity index (χ0n) is 15.8. The quantitative estimate of drug-likeness (QED) is 0.386. The first-order chi connectivity index (χ1) is 12.8. The number of methoxy groups -OCH3 is 3. The van der Waals surface area contributed by atoms with E-state index in [2.05, 4.69) is 22.6 Å². The highest BCUT2D eigenvalue weighted by Gasteiger charge is 2.27. The third kappa shape index (κ3) is 5.64. The van der Waals surface area contributed by atoms with Crippen molar-refractivity contribution < 1.29 is 22.6 Å².